The van der Waals surface area contributed by atoms with Crippen molar-refractivity contribution in [3.8, 4) is 11.5 Å². The lowest BCUT2D eigenvalue weighted by Crippen LogP contribution is -2.37. The van der Waals surface area contributed by atoms with Crippen LogP contribution in [0.5, 0.6) is 11.5 Å². The van der Waals surface area contributed by atoms with Crippen molar-refractivity contribution in [3.63, 3.8) is 0 Å². The molecule has 0 saturated carbocycles. The molecule has 0 fully saturated rings. The van der Waals surface area contributed by atoms with Crippen molar-refractivity contribution in [2.75, 3.05) is 13.3 Å². The summed E-state index contributed by atoms with van der Waals surface area (Å²) in [5.41, 5.74) is 5.93. The Morgan fingerprint density at radius 1 is 0.971 bits per heavy atom. The summed E-state index contributed by atoms with van der Waals surface area (Å²) in [7, 11) is 0. The van der Waals surface area contributed by atoms with Gasteiger partial charge >= 0.3 is 0 Å². The summed E-state index contributed by atoms with van der Waals surface area (Å²) in [6.45, 7) is 0.959. The van der Waals surface area contributed by atoms with Gasteiger partial charge in [0.05, 0.1) is 22.8 Å². The Labute approximate surface area is 208 Å². The molecule has 0 aliphatic carbocycles. The highest BCUT2D eigenvalue weighted by atomic mass is 32.1. The molecule has 6 rings (SSSR count). The van der Waals surface area contributed by atoms with Gasteiger partial charge in [0.2, 0.25) is 6.79 Å². The summed E-state index contributed by atoms with van der Waals surface area (Å²) in [4.78, 5) is 9.11. The Bertz CT molecular complexity index is 1420. The Kier molecular flexibility index (Phi) is 5.71. The van der Waals surface area contributed by atoms with Crippen molar-refractivity contribution >= 4 is 34.1 Å². The van der Waals surface area contributed by atoms with Crippen molar-refractivity contribution in [1.29, 1.82) is 0 Å². The zero-order valence-electron chi connectivity index (χ0n) is 18.9. The van der Waals surface area contributed by atoms with Gasteiger partial charge in [-0.3, -0.25) is 9.97 Å². The molecule has 0 saturated heterocycles. The second-order valence-corrected chi connectivity index (χ2v) is 8.80. The molecule has 0 unspecified atom stereocenters. The lowest BCUT2D eigenvalue weighted by Gasteiger charge is -2.25. The van der Waals surface area contributed by atoms with E-state index in [0.717, 1.165) is 52.3 Å². The fraction of sp³-hybridized carbons (Fsp3) is 0.185. The predicted octanol–water partition coefficient (Wildman–Crippen LogP) is 4.63. The van der Waals surface area contributed by atoms with Crippen LogP contribution in [0.3, 0.4) is 0 Å². The van der Waals surface area contributed by atoms with Crippen LogP contribution in [0.1, 0.15) is 29.2 Å². The molecule has 7 nitrogen and oxygen atoms in total. The highest BCUT2D eigenvalue weighted by molar-refractivity contribution is 7.80. The summed E-state index contributed by atoms with van der Waals surface area (Å²) in [6, 6.07) is 22.2. The highest BCUT2D eigenvalue weighted by Crippen LogP contribution is 2.38. The molecule has 3 heterocycles. The number of aromatic nitrogens is 2. The maximum atomic E-state index is 5.84. The minimum Gasteiger partial charge on any atom is -0.454 e. The van der Waals surface area contributed by atoms with Crippen molar-refractivity contribution < 1.29 is 9.47 Å². The van der Waals surface area contributed by atoms with Gasteiger partial charge in [-0.2, -0.15) is 5.10 Å². The first kappa shape index (κ1) is 21.5. The smallest absolute Gasteiger partial charge is 0.231 e. The normalized spacial score (nSPS) is 16.4. The SMILES string of the molecule is S=C(NCCc1ccccc1)N1N=C(c2ccc3c(c2)OCO3)C[C@@H]1c1cccc2nccnc12. The van der Waals surface area contributed by atoms with E-state index in [4.69, 9.17) is 26.8 Å². The van der Waals surface area contributed by atoms with Gasteiger partial charge < -0.3 is 14.8 Å². The first-order valence-electron chi connectivity index (χ1n) is 11.5. The zero-order valence-corrected chi connectivity index (χ0v) is 19.7. The van der Waals surface area contributed by atoms with Gasteiger partial charge in [-0.15, -0.1) is 0 Å². The van der Waals surface area contributed by atoms with Crippen LogP contribution < -0.4 is 14.8 Å². The minimum absolute atomic E-state index is 0.104. The second-order valence-electron chi connectivity index (χ2n) is 8.42. The first-order valence-corrected chi connectivity index (χ1v) is 12.0. The van der Waals surface area contributed by atoms with Crippen LogP contribution in [0.4, 0.5) is 0 Å². The average Bonchev–Trinajstić information content (AvgIpc) is 3.56. The molecular formula is C27H23N5O2S. The summed E-state index contributed by atoms with van der Waals surface area (Å²) in [5, 5.41) is 10.9. The van der Waals surface area contributed by atoms with E-state index in [1.165, 1.54) is 5.56 Å². The molecule has 0 amide bonds. The third kappa shape index (κ3) is 4.28. The van der Waals surface area contributed by atoms with Crippen LogP contribution in [0.25, 0.3) is 11.0 Å². The maximum Gasteiger partial charge on any atom is 0.231 e. The molecule has 1 aromatic heterocycles. The molecule has 1 N–H and O–H groups in total. The van der Waals surface area contributed by atoms with E-state index in [9.17, 15) is 0 Å². The number of rotatable bonds is 5. The van der Waals surface area contributed by atoms with E-state index in [-0.39, 0.29) is 12.8 Å². The molecule has 4 aromatic rings. The van der Waals surface area contributed by atoms with Gasteiger partial charge in [0.15, 0.2) is 16.6 Å². The number of nitrogens with one attached hydrogen (secondary N) is 1. The Hall–Kier alpha value is -4.04. The fourth-order valence-electron chi connectivity index (χ4n) is 4.51. The highest BCUT2D eigenvalue weighted by Gasteiger charge is 2.33. The lowest BCUT2D eigenvalue weighted by molar-refractivity contribution is 0.174. The predicted molar refractivity (Wildman–Crippen MR) is 139 cm³/mol. The van der Waals surface area contributed by atoms with Gasteiger partial charge in [-0.25, -0.2) is 5.01 Å². The van der Waals surface area contributed by atoms with Gasteiger partial charge in [-0.05, 0) is 48.5 Å². The number of fused-ring (bicyclic) bond motifs is 2. The van der Waals surface area contributed by atoms with Crippen molar-refractivity contribution in [1.82, 2.24) is 20.3 Å². The molecule has 8 heteroatoms. The molecule has 0 bridgehead atoms. The summed E-state index contributed by atoms with van der Waals surface area (Å²) in [5.74, 6) is 1.49. The van der Waals surface area contributed by atoms with E-state index in [0.29, 0.717) is 11.5 Å². The lowest BCUT2D eigenvalue weighted by atomic mass is 9.97. The second kappa shape index (κ2) is 9.31. The molecule has 2 aliphatic rings. The largest absolute Gasteiger partial charge is 0.454 e. The molecule has 0 spiro atoms. The third-order valence-corrected chi connectivity index (χ3v) is 6.58. The molecule has 35 heavy (non-hydrogen) atoms. The van der Waals surface area contributed by atoms with Crippen LogP contribution in [-0.2, 0) is 6.42 Å². The number of ether oxygens (including phenoxy) is 2. The maximum absolute atomic E-state index is 5.84. The standard InChI is InChI=1S/C27H23N5O2S/c35-27(30-12-11-18-5-2-1-3-6-18)32-23(20-7-4-8-21-26(20)29-14-13-28-21)16-22(31-32)19-9-10-24-25(15-19)34-17-33-24/h1-10,13-15,23H,11-12,16-17H2,(H,30,35)/t23-/m1/s1. The number of hydrazone groups is 1. The number of thiocarbonyl (C=S) groups is 1. The van der Waals surface area contributed by atoms with Gasteiger partial charge in [0.1, 0.15) is 0 Å². The van der Waals surface area contributed by atoms with Crippen LogP contribution in [0, 0.1) is 0 Å². The van der Waals surface area contributed by atoms with Gasteiger partial charge in [0, 0.05) is 36.5 Å². The number of nitrogens with zero attached hydrogens (tertiary/aromatic N) is 4. The van der Waals surface area contributed by atoms with Crippen molar-refractivity contribution in [3.05, 3.63) is 95.8 Å². The zero-order chi connectivity index (χ0) is 23.6. The Morgan fingerprint density at radius 2 is 1.83 bits per heavy atom. The van der Waals surface area contributed by atoms with Gasteiger partial charge in [0.25, 0.3) is 0 Å². The van der Waals surface area contributed by atoms with Crippen LogP contribution in [-0.4, -0.2) is 39.1 Å². The van der Waals surface area contributed by atoms with Crippen LogP contribution in [0.2, 0.25) is 0 Å². The molecule has 2 aliphatic heterocycles. The van der Waals surface area contributed by atoms with Crippen molar-refractivity contribution in [2.24, 2.45) is 5.10 Å². The molecular weight excluding hydrogens is 458 g/mol. The number of hydrogen-bond donors (Lipinski definition) is 1. The van der Waals surface area contributed by atoms with E-state index in [2.05, 4.69) is 33.5 Å². The minimum atomic E-state index is -0.104. The summed E-state index contributed by atoms with van der Waals surface area (Å²) >= 11 is 5.84. The van der Waals surface area contributed by atoms with E-state index in [1.807, 2.05) is 53.5 Å². The number of para-hydroxylation sites is 1. The number of hydrogen-bond acceptors (Lipinski definition) is 6. The Morgan fingerprint density at radius 3 is 2.74 bits per heavy atom. The first-order chi connectivity index (χ1) is 17.3. The fourth-order valence-corrected chi connectivity index (χ4v) is 4.78. The van der Waals surface area contributed by atoms with Crippen molar-refractivity contribution in [2.45, 2.75) is 18.9 Å². The monoisotopic (exact) mass is 481 g/mol. The van der Waals surface area contributed by atoms with E-state index in [1.54, 1.807) is 12.4 Å². The molecule has 1 atom stereocenters. The topological polar surface area (TPSA) is 71.9 Å². The average molecular weight is 482 g/mol. The Balaban J connectivity index is 1.30. The molecule has 0 radical (unpaired) electrons. The third-order valence-electron chi connectivity index (χ3n) is 6.25. The molecule has 3 aromatic carbocycles. The van der Waals surface area contributed by atoms with Crippen LogP contribution in [0.15, 0.2) is 84.2 Å². The number of benzene rings is 3. The summed E-state index contributed by atoms with van der Waals surface area (Å²) in [6.07, 6.45) is 4.98. The van der Waals surface area contributed by atoms with Crippen LogP contribution >= 0.6 is 12.2 Å². The van der Waals surface area contributed by atoms with Gasteiger partial charge in [-0.1, -0.05) is 42.5 Å². The quantitative estimate of drug-likeness (QED) is 0.417. The summed E-state index contributed by atoms with van der Waals surface area (Å²) < 4.78 is 11.1. The van der Waals surface area contributed by atoms with E-state index >= 15 is 0 Å². The van der Waals surface area contributed by atoms with E-state index < -0.39 is 0 Å². The molecule has 174 valence electrons.